The molecule has 1 aromatic heterocycles. The van der Waals surface area contributed by atoms with Crippen LogP contribution < -0.4 is 4.90 Å². The van der Waals surface area contributed by atoms with Crippen LogP contribution >= 0.6 is 11.3 Å². The molecule has 3 rings (SSSR count). The van der Waals surface area contributed by atoms with Gasteiger partial charge in [-0.3, -0.25) is 4.90 Å². The van der Waals surface area contributed by atoms with Crippen LogP contribution in [0, 0.1) is 5.82 Å². The van der Waals surface area contributed by atoms with E-state index in [1.807, 2.05) is 11.4 Å². The predicted molar refractivity (Wildman–Crippen MR) is 91.0 cm³/mol. The second-order valence-electron chi connectivity index (χ2n) is 5.60. The number of hydrogen-bond acceptors (Lipinski definition) is 4. The van der Waals surface area contributed by atoms with E-state index < -0.39 is 0 Å². The topological polar surface area (TPSA) is 19.4 Å². The first-order chi connectivity index (χ1) is 10.7. The molecular formula is C17H22FN3S. The van der Waals surface area contributed by atoms with Crippen molar-refractivity contribution in [3.05, 3.63) is 35.5 Å². The summed E-state index contributed by atoms with van der Waals surface area (Å²) in [5.74, 6) is -0.207. The molecule has 1 aromatic carbocycles. The van der Waals surface area contributed by atoms with Crippen molar-refractivity contribution >= 4 is 16.5 Å². The van der Waals surface area contributed by atoms with Gasteiger partial charge >= 0.3 is 0 Å². The van der Waals surface area contributed by atoms with Crippen molar-refractivity contribution in [1.82, 2.24) is 9.88 Å². The lowest BCUT2D eigenvalue weighted by atomic mass is 10.2. The molecule has 0 bridgehead atoms. The molecule has 3 nitrogen and oxygen atoms in total. The van der Waals surface area contributed by atoms with Gasteiger partial charge in [-0.05, 0) is 31.6 Å². The third kappa shape index (κ3) is 3.01. The predicted octanol–water partition coefficient (Wildman–Crippen LogP) is 3.87. The minimum Gasteiger partial charge on any atom is -0.346 e. The summed E-state index contributed by atoms with van der Waals surface area (Å²) in [7, 11) is 0. The second-order valence-corrected chi connectivity index (χ2v) is 6.44. The summed E-state index contributed by atoms with van der Waals surface area (Å²) in [5.41, 5.74) is 1.33. The summed E-state index contributed by atoms with van der Waals surface area (Å²) >= 11 is 1.61. The highest BCUT2D eigenvalue weighted by Crippen LogP contribution is 2.31. The van der Waals surface area contributed by atoms with E-state index in [0.717, 1.165) is 37.0 Å². The van der Waals surface area contributed by atoms with Gasteiger partial charge in [0.05, 0.1) is 5.69 Å². The third-order valence-corrected chi connectivity index (χ3v) is 5.31. The van der Waals surface area contributed by atoms with Gasteiger partial charge < -0.3 is 4.90 Å². The monoisotopic (exact) mass is 319 g/mol. The number of likely N-dealkylation sites (N-methyl/N-ethyl adjacent to an activating group) is 1. The molecular weight excluding hydrogens is 297 g/mol. The molecule has 1 fully saturated rings. The Balaban J connectivity index is 1.74. The molecule has 0 spiro atoms. The number of thiazole rings is 1. The van der Waals surface area contributed by atoms with E-state index in [-0.39, 0.29) is 5.82 Å². The van der Waals surface area contributed by atoms with Gasteiger partial charge in [-0.25, -0.2) is 9.37 Å². The summed E-state index contributed by atoms with van der Waals surface area (Å²) in [6, 6.07) is 7.44. The molecule has 0 radical (unpaired) electrons. The Morgan fingerprint density at radius 2 is 2.09 bits per heavy atom. The van der Waals surface area contributed by atoms with E-state index in [9.17, 15) is 4.39 Å². The van der Waals surface area contributed by atoms with Crippen molar-refractivity contribution < 1.29 is 4.39 Å². The Morgan fingerprint density at radius 1 is 1.32 bits per heavy atom. The summed E-state index contributed by atoms with van der Waals surface area (Å²) in [6.45, 7) is 8.66. The quantitative estimate of drug-likeness (QED) is 0.834. The van der Waals surface area contributed by atoms with Crippen LogP contribution in [0.15, 0.2) is 29.6 Å². The van der Waals surface area contributed by atoms with Gasteiger partial charge in [0.15, 0.2) is 5.13 Å². The van der Waals surface area contributed by atoms with Crippen LogP contribution in [0.4, 0.5) is 9.52 Å². The maximum Gasteiger partial charge on any atom is 0.185 e. The highest BCUT2D eigenvalue weighted by Gasteiger charge is 2.27. The van der Waals surface area contributed by atoms with Crippen LogP contribution in [0.3, 0.4) is 0 Å². The van der Waals surface area contributed by atoms with Crippen molar-refractivity contribution in [2.24, 2.45) is 0 Å². The molecule has 1 aliphatic heterocycles. The lowest BCUT2D eigenvalue weighted by molar-refractivity contribution is 0.232. The van der Waals surface area contributed by atoms with Crippen LogP contribution in [0.2, 0.25) is 0 Å². The maximum atomic E-state index is 13.9. The van der Waals surface area contributed by atoms with Crippen LogP contribution in [0.25, 0.3) is 11.3 Å². The van der Waals surface area contributed by atoms with Gasteiger partial charge in [-0.1, -0.05) is 26.0 Å². The fraction of sp³-hybridized carbons (Fsp3) is 0.471. The van der Waals surface area contributed by atoms with Crippen LogP contribution in [0.5, 0.6) is 0 Å². The summed E-state index contributed by atoms with van der Waals surface area (Å²) < 4.78 is 13.9. The minimum absolute atomic E-state index is 0.207. The SMILES string of the molecule is CCN(CC)C1CCN(c2nc(-c3ccccc3F)cs2)C1. The molecule has 1 saturated heterocycles. The van der Waals surface area contributed by atoms with Crippen molar-refractivity contribution in [2.45, 2.75) is 26.3 Å². The lowest BCUT2D eigenvalue weighted by Gasteiger charge is -2.25. The highest BCUT2D eigenvalue weighted by atomic mass is 32.1. The zero-order valence-corrected chi connectivity index (χ0v) is 13.9. The van der Waals surface area contributed by atoms with Crippen LogP contribution in [-0.4, -0.2) is 42.1 Å². The van der Waals surface area contributed by atoms with Gasteiger partial charge in [0.1, 0.15) is 5.82 Å². The zero-order chi connectivity index (χ0) is 15.5. The average Bonchev–Trinajstić information content (AvgIpc) is 3.18. The number of rotatable bonds is 5. The Kier molecular flexibility index (Phi) is 4.74. The van der Waals surface area contributed by atoms with Crippen LogP contribution in [0.1, 0.15) is 20.3 Å². The smallest absolute Gasteiger partial charge is 0.185 e. The normalized spacial score (nSPS) is 18.4. The Morgan fingerprint density at radius 3 is 2.82 bits per heavy atom. The number of halogens is 1. The van der Waals surface area contributed by atoms with E-state index >= 15 is 0 Å². The van der Waals surface area contributed by atoms with Crippen molar-refractivity contribution in [1.29, 1.82) is 0 Å². The second kappa shape index (κ2) is 6.75. The Labute approximate surface area is 135 Å². The molecule has 0 amide bonds. The minimum atomic E-state index is -0.207. The van der Waals surface area contributed by atoms with E-state index in [4.69, 9.17) is 0 Å². The molecule has 5 heteroatoms. The molecule has 1 atom stereocenters. The average molecular weight is 319 g/mol. The van der Waals surface area contributed by atoms with E-state index in [2.05, 4.69) is 28.6 Å². The summed E-state index contributed by atoms with van der Waals surface area (Å²) in [5, 5.41) is 2.96. The number of benzene rings is 1. The first kappa shape index (κ1) is 15.4. The summed E-state index contributed by atoms with van der Waals surface area (Å²) in [4.78, 5) is 9.49. The fourth-order valence-corrected chi connectivity index (χ4v) is 4.02. The molecule has 0 N–H and O–H groups in total. The van der Waals surface area contributed by atoms with Crippen LogP contribution in [-0.2, 0) is 0 Å². The first-order valence-corrected chi connectivity index (χ1v) is 8.80. The molecule has 2 aromatic rings. The van der Waals surface area contributed by atoms with Gasteiger partial charge in [0.25, 0.3) is 0 Å². The summed E-state index contributed by atoms with van der Waals surface area (Å²) in [6.07, 6.45) is 1.18. The third-order valence-electron chi connectivity index (χ3n) is 4.40. The van der Waals surface area contributed by atoms with E-state index in [1.54, 1.807) is 23.5 Å². The zero-order valence-electron chi connectivity index (χ0n) is 13.1. The lowest BCUT2D eigenvalue weighted by Crippen LogP contribution is -2.37. The number of nitrogens with zero attached hydrogens (tertiary/aromatic N) is 3. The Hall–Kier alpha value is -1.46. The van der Waals surface area contributed by atoms with E-state index in [1.165, 1.54) is 12.5 Å². The number of aromatic nitrogens is 1. The van der Waals surface area contributed by atoms with E-state index in [0.29, 0.717) is 11.6 Å². The molecule has 0 saturated carbocycles. The first-order valence-electron chi connectivity index (χ1n) is 7.92. The van der Waals surface area contributed by atoms with Gasteiger partial charge in [0.2, 0.25) is 0 Å². The van der Waals surface area contributed by atoms with Crippen molar-refractivity contribution in [3.8, 4) is 11.3 Å². The van der Waals surface area contributed by atoms with Gasteiger partial charge in [0, 0.05) is 30.1 Å². The van der Waals surface area contributed by atoms with Gasteiger partial charge in [-0.2, -0.15) is 0 Å². The highest BCUT2D eigenvalue weighted by molar-refractivity contribution is 7.14. The van der Waals surface area contributed by atoms with Crippen molar-refractivity contribution in [3.63, 3.8) is 0 Å². The molecule has 0 aliphatic carbocycles. The molecule has 118 valence electrons. The van der Waals surface area contributed by atoms with Gasteiger partial charge in [-0.15, -0.1) is 11.3 Å². The molecule has 1 unspecified atom stereocenters. The maximum absolute atomic E-state index is 13.9. The molecule has 2 heterocycles. The number of hydrogen-bond donors (Lipinski definition) is 0. The fourth-order valence-electron chi connectivity index (χ4n) is 3.16. The largest absolute Gasteiger partial charge is 0.346 e. The Bertz CT molecular complexity index is 624. The molecule has 22 heavy (non-hydrogen) atoms. The van der Waals surface area contributed by atoms with Crippen molar-refractivity contribution in [2.75, 3.05) is 31.1 Å². The molecule has 1 aliphatic rings. The number of anilines is 1. The standard InChI is InChI=1S/C17H22FN3S/c1-3-20(4-2)13-9-10-21(11-13)17-19-16(12-22-17)14-7-5-6-8-15(14)18/h5-8,12-13H,3-4,9-11H2,1-2H3.